The van der Waals surface area contributed by atoms with Crippen LogP contribution in [0.1, 0.15) is 0 Å². The minimum atomic E-state index is -0.881. The molecule has 1 rings (SSSR count). The molecule has 0 heterocycles. The minimum absolute atomic E-state index is 0.858. The van der Waals surface area contributed by atoms with Crippen LogP contribution in [0.15, 0.2) is 29.2 Å². The van der Waals surface area contributed by atoms with Crippen LogP contribution in [0, 0.1) is 0 Å². The van der Waals surface area contributed by atoms with E-state index in [0.717, 1.165) is 10.6 Å². The topological polar surface area (TPSA) is 29.1 Å². The van der Waals surface area contributed by atoms with E-state index >= 15 is 0 Å². The summed E-state index contributed by atoms with van der Waals surface area (Å²) in [5.74, 6) is 0. The van der Waals surface area contributed by atoms with Gasteiger partial charge in [-0.1, -0.05) is 6.07 Å². The van der Waals surface area contributed by atoms with Gasteiger partial charge in [0.1, 0.15) is 0 Å². The highest BCUT2D eigenvalue weighted by molar-refractivity contribution is 7.84. The molecule has 0 fully saturated rings. The lowest BCUT2D eigenvalue weighted by atomic mass is 10.3. The van der Waals surface area contributed by atoms with Crippen molar-refractivity contribution in [2.24, 2.45) is 0 Å². The summed E-state index contributed by atoms with van der Waals surface area (Å²) < 4.78 is 11.0. The Hall–Kier alpha value is -0.830. The summed E-state index contributed by atoms with van der Waals surface area (Å²) >= 11 is 0. The molecule has 0 aliphatic rings. The van der Waals surface area contributed by atoms with E-state index in [1.54, 1.807) is 6.26 Å². The summed E-state index contributed by atoms with van der Waals surface area (Å²) in [5.41, 5.74) is 0.998. The van der Waals surface area contributed by atoms with Gasteiger partial charge in [-0.2, -0.15) is 0 Å². The molecule has 2 nitrogen and oxygen atoms in total. The average Bonchev–Trinajstić information content (AvgIpc) is 2.05. The summed E-state index contributed by atoms with van der Waals surface area (Å²) in [6.07, 6.45) is 1.68. The zero-order valence-corrected chi connectivity index (χ0v) is 7.44. The Bertz CT molecular complexity index is 273. The van der Waals surface area contributed by atoms with E-state index in [1.165, 1.54) is 0 Å². The molecule has 0 aliphatic heterocycles. The maximum Gasteiger partial charge on any atom is 0.0498 e. The van der Waals surface area contributed by atoms with Crippen LogP contribution in [0.4, 0.5) is 5.69 Å². The Balaban J connectivity index is 3.01. The second-order valence-corrected chi connectivity index (χ2v) is 3.61. The van der Waals surface area contributed by atoms with Gasteiger partial charge in [0.15, 0.2) is 0 Å². The standard InChI is InChI=1S/C8H11NOS/c1-9-7-4-3-5-8(6-7)11(2)10/h3-6,9H,1-2H3. The molecule has 0 radical (unpaired) electrons. The zero-order valence-electron chi connectivity index (χ0n) is 6.63. The van der Waals surface area contributed by atoms with Crippen molar-refractivity contribution in [1.29, 1.82) is 0 Å². The van der Waals surface area contributed by atoms with E-state index in [0.29, 0.717) is 0 Å². The van der Waals surface area contributed by atoms with Gasteiger partial charge in [0.25, 0.3) is 0 Å². The number of nitrogens with one attached hydrogen (secondary N) is 1. The molecule has 0 aromatic heterocycles. The van der Waals surface area contributed by atoms with Crippen molar-refractivity contribution >= 4 is 16.5 Å². The first-order valence-corrected chi connectivity index (χ1v) is 4.91. The van der Waals surface area contributed by atoms with Crippen LogP contribution in [-0.2, 0) is 10.8 Å². The maximum absolute atomic E-state index is 11.0. The third-order valence-electron chi connectivity index (χ3n) is 1.45. The Morgan fingerprint density at radius 2 is 2.18 bits per heavy atom. The van der Waals surface area contributed by atoms with E-state index in [9.17, 15) is 4.21 Å². The fourth-order valence-electron chi connectivity index (χ4n) is 0.830. The van der Waals surface area contributed by atoms with Gasteiger partial charge in [-0.25, -0.2) is 0 Å². The van der Waals surface area contributed by atoms with Crippen molar-refractivity contribution in [3.05, 3.63) is 24.3 Å². The van der Waals surface area contributed by atoms with Crippen LogP contribution in [0.2, 0.25) is 0 Å². The third kappa shape index (κ3) is 2.05. The quantitative estimate of drug-likeness (QED) is 0.726. The molecule has 60 valence electrons. The van der Waals surface area contributed by atoms with Crippen molar-refractivity contribution in [3.8, 4) is 0 Å². The summed E-state index contributed by atoms with van der Waals surface area (Å²) in [7, 11) is 0.964. The fourth-order valence-corrected chi connectivity index (χ4v) is 1.39. The molecule has 1 N–H and O–H groups in total. The highest BCUT2D eigenvalue weighted by atomic mass is 32.2. The monoisotopic (exact) mass is 169 g/mol. The Kier molecular flexibility index (Phi) is 2.65. The van der Waals surface area contributed by atoms with Gasteiger partial charge in [0.05, 0.1) is 0 Å². The molecular weight excluding hydrogens is 158 g/mol. The molecule has 1 unspecified atom stereocenters. The molecule has 11 heavy (non-hydrogen) atoms. The summed E-state index contributed by atoms with van der Waals surface area (Å²) in [5, 5.41) is 2.99. The van der Waals surface area contributed by atoms with Crippen LogP contribution in [0.3, 0.4) is 0 Å². The lowest BCUT2D eigenvalue weighted by molar-refractivity contribution is 0.687. The molecule has 3 heteroatoms. The third-order valence-corrected chi connectivity index (χ3v) is 2.37. The first-order chi connectivity index (χ1) is 5.24. The molecular formula is C8H11NOS. The lowest BCUT2D eigenvalue weighted by Gasteiger charge is -2.00. The van der Waals surface area contributed by atoms with Gasteiger partial charge in [-0.3, -0.25) is 4.21 Å². The van der Waals surface area contributed by atoms with Gasteiger partial charge in [0, 0.05) is 34.7 Å². The van der Waals surface area contributed by atoms with Gasteiger partial charge in [-0.15, -0.1) is 0 Å². The molecule has 0 spiro atoms. The predicted molar refractivity (Wildman–Crippen MR) is 48.3 cm³/mol. The summed E-state index contributed by atoms with van der Waals surface area (Å²) in [4.78, 5) is 0.858. The van der Waals surface area contributed by atoms with Crippen molar-refractivity contribution < 1.29 is 4.21 Å². The van der Waals surface area contributed by atoms with Crippen molar-refractivity contribution in [3.63, 3.8) is 0 Å². The van der Waals surface area contributed by atoms with E-state index in [4.69, 9.17) is 0 Å². The highest BCUT2D eigenvalue weighted by Gasteiger charge is 1.96. The first-order valence-electron chi connectivity index (χ1n) is 3.35. The van der Waals surface area contributed by atoms with Crippen LogP contribution in [0.25, 0.3) is 0 Å². The van der Waals surface area contributed by atoms with E-state index in [-0.39, 0.29) is 0 Å². The van der Waals surface area contributed by atoms with Crippen molar-refractivity contribution in [2.75, 3.05) is 18.6 Å². The summed E-state index contributed by atoms with van der Waals surface area (Å²) in [6.45, 7) is 0. The highest BCUT2D eigenvalue weighted by Crippen LogP contribution is 2.11. The SMILES string of the molecule is CNc1cccc(S(C)=O)c1. The van der Waals surface area contributed by atoms with Crippen molar-refractivity contribution in [2.45, 2.75) is 4.90 Å². The van der Waals surface area contributed by atoms with Crippen LogP contribution < -0.4 is 5.32 Å². The van der Waals surface area contributed by atoms with Crippen molar-refractivity contribution in [1.82, 2.24) is 0 Å². The molecule has 0 saturated carbocycles. The van der Waals surface area contributed by atoms with E-state index < -0.39 is 10.8 Å². The Morgan fingerprint density at radius 1 is 1.45 bits per heavy atom. The molecule has 1 aromatic rings. The largest absolute Gasteiger partial charge is 0.388 e. The van der Waals surface area contributed by atoms with Gasteiger partial charge in [0.2, 0.25) is 0 Å². The van der Waals surface area contributed by atoms with Crippen LogP contribution >= 0.6 is 0 Å². The maximum atomic E-state index is 11.0. The fraction of sp³-hybridized carbons (Fsp3) is 0.250. The molecule has 1 aromatic carbocycles. The van der Waals surface area contributed by atoms with Crippen LogP contribution in [-0.4, -0.2) is 17.5 Å². The lowest BCUT2D eigenvalue weighted by Crippen LogP contribution is -1.91. The smallest absolute Gasteiger partial charge is 0.0498 e. The van der Waals surface area contributed by atoms with Crippen LogP contribution in [0.5, 0.6) is 0 Å². The second-order valence-electron chi connectivity index (χ2n) is 2.23. The zero-order chi connectivity index (χ0) is 8.27. The Morgan fingerprint density at radius 3 is 2.73 bits per heavy atom. The molecule has 0 saturated heterocycles. The first kappa shape index (κ1) is 8.27. The number of anilines is 1. The van der Waals surface area contributed by atoms with Gasteiger partial charge < -0.3 is 5.32 Å². The van der Waals surface area contributed by atoms with E-state index in [2.05, 4.69) is 5.32 Å². The normalized spacial score (nSPS) is 12.5. The Labute approximate surface area is 69.1 Å². The second kappa shape index (κ2) is 3.53. The molecule has 0 bridgehead atoms. The van der Waals surface area contributed by atoms with Gasteiger partial charge in [-0.05, 0) is 18.2 Å². The average molecular weight is 169 g/mol. The number of hydrogen-bond donors (Lipinski definition) is 1. The predicted octanol–water partition coefficient (Wildman–Crippen LogP) is 1.47. The number of rotatable bonds is 2. The molecule has 0 amide bonds. The van der Waals surface area contributed by atoms with Gasteiger partial charge >= 0.3 is 0 Å². The molecule has 0 aliphatic carbocycles. The number of hydrogen-bond acceptors (Lipinski definition) is 2. The van der Waals surface area contributed by atoms with E-state index in [1.807, 2.05) is 31.3 Å². The number of benzene rings is 1. The molecule has 1 atom stereocenters. The minimum Gasteiger partial charge on any atom is -0.388 e. The summed E-state index contributed by atoms with van der Waals surface area (Å²) in [6, 6.07) is 7.58.